The molecule has 3 aromatic rings. The van der Waals surface area contributed by atoms with Crippen molar-refractivity contribution in [2.45, 2.75) is 77.0 Å². The first kappa shape index (κ1) is 29.6. The lowest BCUT2D eigenvalue weighted by molar-refractivity contribution is -0.130. The summed E-state index contributed by atoms with van der Waals surface area (Å²) in [4.78, 5) is 30.2. The molecule has 214 valence electrons. The third-order valence-electron chi connectivity index (χ3n) is 7.87. The number of primary amides is 1. The van der Waals surface area contributed by atoms with Crippen molar-refractivity contribution >= 4 is 29.1 Å². The van der Waals surface area contributed by atoms with Crippen LogP contribution in [0.15, 0.2) is 54.6 Å². The maximum absolute atomic E-state index is 14.0. The van der Waals surface area contributed by atoms with Gasteiger partial charge in [-0.25, -0.2) is 4.98 Å². The van der Waals surface area contributed by atoms with E-state index in [1.165, 1.54) is 0 Å². The second-order valence-electron chi connectivity index (χ2n) is 10.6. The van der Waals surface area contributed by atoms with Gasteiger partial charge in [-0.2, -0.15) is 0 Å². The van der Waals surface area contributed by atoms with Crippen LogP contribution in [-0.4, -0.2) is 33.0 Å². The molecule has 5 N–H and O–H groups in total. The minimum Gasteiger partial charge on any atom is -0.390 e. The molecule has 2 amide bonds. The van der Waals surface area contributed by atoms with Crippen molar-refractivity contribution in [3.63, 3.8) is 0 Å². The van der Waals surface area contributed by atoms with Gasteiger partial charge in [0.1, 0.15) is 11.4 Å². The first-order chi connectivity index (χ1) is 19.4. The third kappa shape index (κ3) is 6.67. The molecule has 0 spiro atoms. The fourth-order valence-electron chi connectivity index (χ4n) is 5.80. The van der Waals surface area contributed by atoms with Gasteiger partial charge >= 0.3 is 0 Å². The number of unbranched alkanes of at least 4 members (excludes halogenated alkanes) is 1. The number of hydrogen-bond acceptors (Lipinski definition) is 5. The Hall–Kier alpha value is -3.36. The van der Waals surface area contributed by atoms with E-state index in [1.807, 2.05) is 59.2 Å². The number of amides is 2. The summed E-state index contributed by atoms with van der Waals surface area (Å²) < 4.78 is 1.99. The lowest BCUT2D eigenvalue weighted by Gasteiger charge is -2.43. The van der Waals surface area contributed by atoms with Gasteiger partial charge in [0, 0.05) is 18.7 Å². The zero-order valence-electron chi connectivity index (χ0n) is 23.2. The van der Waals surface area contributed by atoms with Gasteiger partial charge in [0.15, 0.2) is 5.15 Å². The highest BCUT2D eigenvalue weighted by Crippen LogP contribution is 2.42. The van der Waals surface area contributed by atoms with E-state index in [0.717, 1.165) is 74.0 Å². The number of hydrogen-bond donors (Lipinski definition) is 4. The van der Waals surface area contributed by atoms with Crippen LogP contribution in [0, 0.1) is 5.92 Å². The molecule has 4 rings (SSSR count). The summed E-state index contributed by atoms with van der Waals surface area (Å²) in [6.45, 7) is 2.21. The highest BCUT2D eigenvalue weighted by molar-refractivity contribution is 6.30. The number of nitrogens with one attached hydrogen (secondary N) is 2. The summed E-state index contributed by atoms with van der Waals surface area (Å²) in [5, 5.41) is 16.7. The van der Waals surface area contributed by atoms with Gasteiger partial charge in [-0.3, -0.25) is 9.59 Å². The Morgan fingerprint density at radius 3 is 2.42 bits per heavy atom. The largest absolute Gasteiger partial charge is 0.390 e. The zero-order valence-corrected chi connectivity index (χ0v) is 23.9. The van der Waals surface area contributed by atoms with Crippen LogP contribution in [-0.2, 0) is 34.7 Å². The Balaban J connectivity index is 1.73. The van der Waals surface area contributed by atoms with Crippen LogP contribution < -0.4 is 16.4 Å². The summed E-state index contributed by atoms with van der Waals surface area (Å²) in [6, 6.07) is 17.7. The molecule has 8 nitrogen and oxygen atoms in total. The van der Waals surface area contributed by atoms with Crippen molar-refractivity contribution < 1.29 is 14.7 Å². The topological polar surface area (TPSA) is 122 Å². The standard InChI is InChI=1S/C31H40ClN5O3/c1-2-3-14-28-35-29(32)26(21-38)37(28)20-22-15-17-24(18-16-22)31(23-10-6-4-7-11-23,30(40)34-19-27(33)39)36-25-12-8-5-9-13-25/h5,8-9,12-13,15-18,23,36,38H,2-4,6-7,10-11,14,19-21H2,1H3,(H2,33,39)(H,34,40)/t31-/m1/s1. The van der Waals surface area contributed by atoms with E-state index in [9.17, 15) is 14.7 Å². The molecule has 0 saturated heterocycles. The summed E-state index contributed by atoms with van der Waals surface area (Å²) in [5.74, 6) is 0.0292. The molecule has 2 aromatic carbocycles. The number of nitrogens with zero attached hydrogens (tertiary/aromatic N) is 2. The number of aromatic nitrogens is 2. The van der Waals surface area contributed by atoms with Gasteiger partial charge in [-0.05, 0) is 48.4 Å². The van der Waals surface area contributed by atoms with Gasteiger partial charge in [0.05, 0.1) is 18.8 Å². The molecular weight excluding hydrogens is 526 g/mol. The van der Waals surface area contributed by atoms with Gasteiger partial charge in [-0.1, -0.05) is 86.7 Å². The number of aryl methyl sites for hydroxylation is 1. The molecule has 0 bridgehead atoms. The zero-order chi connectivity index (χ0) is 28.5. The minimum absolute atomic E-state index is 0.0225. The number of aliphatic hydroxyl groups excluding tert-OH is 1. The Morgan fingerprint density at radius 2 is 1.80 bits per heavy atom. The summed E-state index contributed by atoms with van der Waals surface area (Å²) in [6.07, 6.45) is 7.78. The Morgan fingerprint density at radius 1 is 1.10 bits per heavy atom. The normalized spacial score (nSPS) is 15.4. The molecule has 0 aliphatic heterocycles. The number of rotatable bonds is 13. The van der Waals surface area contributed by atoms with Crippen LogP contribution in [0.25, 0.3) is 0 Å². The molecule has 1 fully saturated rings. The van der Waals surface area contributed by atoms with Gasteiger partial charge < -0.3 is 26.0 Å². The van der Waals surface area contributed by atoms with Crippen LogP contribution in [0.2, 0.25) is 5.15 Å². The minimum atomic E-state index is -1.09. The summed E-state index contributed by atoms with van der Waals surface area (Å²) in [7, 11) is 0. The monoisotopic (exact) mass is 565 g/mol. The molecule has 1 atom stereocenters. The van der Waals surface area contributed by atoms with Crippen molar-refractivity contribution in [1.82, 2.24) is 14.9 Å². The quantitative estimate of drug-likeness (QED) is 0.234. The van der Waals surface area contributed by atoms with Crippen LogP contribution in [0.3, 0.4) is 0 Å². The summed E-state index contributed by atoms with van der Waals surface area (Å²) in [5.41, 5.74) is 7.57. The number of para-hydroxylation sites is 1. The molecule has 1 aliphatic carbocycles. The number of imidazole rings is 1. The van der Waals surface area contributed by atoms with E-state index in [1.54, 1.807) is 0 Å². The number of carbonyl (C=O) groups excluding carboxylic acids is 2. The number of halogens is 1. The van der Waals surface area contributed by atoms with E-state index >= 15 is 0 Å². The fraction of sp³-hybridized carbons (Fsp3) is 0.452. The SMILES string of the molecule is CCCCc1nc(Cl)c(CO)n1Cc1ccc([C@@](Nc2ccccc2)(C(=O)NCC(N)=O)C2CCCCC2)cc1. The van der Waals surface area contributed by atoms with E-state index in [0.29, 0.717) is 17.4 Å². The van der Waals surface area contributed by atoms with Crippen molar-refractivity contribution in [2.75, 3.05) is 11.9 Å². The van der Waals surface area contributed by atoms with Crippen LogP contribution in [0.1, 0.15) is 74.5 Å². The highest BCUT2D eigenvalue weighted by atomic mass is 35.5. The molecule has 40 heavy (non-hydrogen) atoms. The lowest BCUT2D eigenvalue weighted by atomic mass is 9.70. The number of carbonyl (C=O) groups is 2. The van der Waals surface area contributed by atoms with E-state index in [-0.39, 0.29) is 25.0 Å². The van der Waals surface area contributed by atoms with Crippen molar-refractivity contribution in [3.8, 4) is 0 Å². The van der Waals surface area contributed by atoms with E-state index < -0.39 is 11.4 Å². The van der Waals surface area contributed by atoms with Crippen molar-refractivity contribution in [1.29, 1.82) is 0 Å². The molecule has 1 aliphatic rings. The number of aliphatic hydroxyl groups is 1. The second kappa shape index (κ2) is 13.8. The second-order valence-corrected chi connectivity index (χ2v) is 11.0. The first-order valence-electron chi connectivity index (χ1n) is 14.2. The Kier molecular flexibility index (Phi) is 10.2. The lowest BCUT2D eigenvalue weighted by Crippen LogP contribution is -2.56. The van der Waals surface area contributed by atoms with Gasteiger partial charge in [0.25, 0.3) is 5.91 Å². The maximum Gasteiger partial charge on any atom is 0.251 e. The predicted molar refractivity (Wildman–Crippen MR) is 158 cm³/mol. The fourth-order valence-corrected chi connectivity index (χ4v) is 6.06. The maximum atomic E-state index is 14.0. The van der Waals surface area contributed by atoms with Crippen molar-refractivity contribution in [2.24, 2.45) is 11.7 Å². The molecule has 1 saturated carbocycles. The smallest absolute Gasteiger partial charge is 0.251 e. The molecule has 9 heteroatoms. The van der Waals surface area contributed by atoms with E-state index in [4.69, 9.17) is 17.3 Å². The first-order valence-corrected chi connectivity index (χ1v) is 14.6. The van der Waals surface area contributed by atoms with Crippen LogP contribution >= 0.6 is 11.6 Å². The molecule has 0 unspecified atom stereocenters. The number of benzene rings is 2. The molecular formula is C31H40ClN5O3. The number of anilines is 1. The average molecular weight is 566 g/mol. The Labute approximate surface area is 241 Å². The highest BCUT2D eigenvalue weighted by Gasteiger charge is 2.47. The van der Waals surface area contributed by atoms with E-state index in [2.05, 4.69) is 22.5 Å². The van der Waals surface area contributed by atoms with Gasteiger partial charge in [-0.15, -0.1) is 0 Å². The Bertz CT molecular complexity index is 1270. The van der Waals surface area contributed by atoms with Crippen molar-refractivity contribution in [3.05, 3.63) is 82.4 Å². The molecule has 1 aromatic heterocycles. The van der Waals surface area contributed by atoms with Crippen LogP contribution in [0.5, 0.6) is 0 Å². The van der Waals surface area contributed by atoms with Crippen LogP contribution in [0.4, 0.5) is 5.69 Å². The molecule has 1 heterocycles. The molecule has 0 radical (unpaired) electrons. The predicted octanol–water partition coefficient (Wildman–Crippen LogP) is 4.91. The third-order valence-corrected chi connectivity index (χ3v) is 8.17. The summed E-state index contributed by atoms with van der Waals surface area (Å²) >= 11 is 6.35. The average Bonchev–Trinajstić information content (AvgIpc) is 3.28. The number of nitrogens with two attached hydrogens (primary N) is 1. The van der Waals surface area contributed by atoms with Gasteiger partial charge in [0.2, 0.25) is 5.91 Å².